The summed E-state index contributed by atoms with van der Waals surface area (Å²) in [5.41, 5.74) is 29.6. The van der Waals surface area contributed by atoms with Crippen molar-refractivity contribution in [3.05, 3.63) is 0 Å². The van der Waals surface area contributed by atoms with Crippen LogP contribution < -0.4 is 34.4 Å². The first-order valence-electron chi connectivity index (χ1n) is 10.4. The van der Waals surface area contributed by atoms with E-state index in [4.69, 9.17) is 43.9 Å². The first kappa shape index (κ1) is 29.5. The fraction of sp³-hybridized carbons (Fsp3) is 1.00. The van der Waals surface area contributed by atoms with E-state index in [-0.39, 0.29) is 78.2 Å². The third-order valence-corrected chi connectivity index (χ3v) is 5.56. The van der Waals surface area contributed by atoms with Crippen molar-refractivity contribution in [3.8, 4) is 0 Å². The van der Waals surface area contributed by atoms with Gasteiger partial charge in [-0.1, -0.05) is 0 Å². The zero-order valence-electron chi connectivity index (χ0n) is 17.9. The molecule has 0 aromatic carbocycles. The molecule has 0 bridgehead atoms. The second kappa shape index (κ2) is 14.6. The minimum absolute atomic E-state index is 0.00325. The van der Waals surface area contributed by atoms with Crippen LogP contribution >= 0.6 is 0 Å². The van der Waals surface area contributed by atoms with E-state index in [9.17, 15) is 20.4 Å². The molecule has 12 heteroatoms. The van der Waals surface area contributed by atoms with Crippen LogP contribution in [0, 0.1) is 0 Å². The summed E-state index contributed by atoms with van der Waals surface area (Å²) < 4.78 is 12.3. The molecule has 0 aliphatic rings. The van der Waals surface area contributed by atoms with Crippen LogP contribution in [0.4, 0.5) is 0 Å². The average Bonchev–Trinajstić information content (AvgIpc) is 2.74. The van der Waals surface area contributed by atoms with Crippen LogP contribution in [-0.2, 0) is 9.47 Å². The Hall–Kier alpha value is -0.480. The lowest BCUT2D eigenvalue weighted by Crippen LogP contribution is -2.76. The molecule has 12 nitrogen and oxygen atoms in total. The summed E-state index contributed by atoms with van der Waals surface area (Å²) in [5, 5.41) is 42.5. The summed E-state index contributed by atoms with van der Waals surface area (Å²) in [6, 6.07) is 0. The van der Waals surface area contributed by atoms with Gasteiger partial charge < -0.3 is 64.3 Å². The maximum Gasteiger partial charge on any atom is 0.130 e. The number of aliphatic hydroxyl groups is 4. The molecule has 4 atom stereocenters. The largest absolute Gasteiger partial charge is 0.394 e. The predicted molar refractivity (Wildman–Crippen MR) is 114 cm³/mol. The zero-order chi connectivity index (χ0) is 23.3. The Balaban J connectivity index is 7.01. The molecule has 0 saturated heterocycles. The van der Waals surface area contributed by atoms with Crippen molar-refractivity contribution >= 4 is 0 Å². The molecule has 182 valence electrons. The Bertz CT molecular complexity index is 433. The van der Waals surface area contributed by atoms with E-state index in [1.165, 1.54) is 0 Å². The van der Waals surface area contributed by atoms with Crippen molar-refractivity contribution in [2.24, 2.45) is 34.4 Å². The molecule has 0 fully saturated rings. The number of hydrogen-bond donors (Lipinski definition) is 10. The number of nitrogens with two attached hydrogens (primary N) is 6. The summed E-state index contributed by atoms with van der Waals surface area (Å²) in [7, 11) is 0. The molecule has 0 heterocycles. The van der Waals surface area contributed by atoms with Crippen LogP contribution in [0.25, 0.3) is 0 Å². The van der Waals surface area contributed by atoms with Crippen molar-refractivity contribution in [2.45, 2.75) is 54.7 Å². The minimum Gasteiger partial charge on any atom is -0.394 e. The van der Waals surface area contributed by atoms with Gasteiger partial charge in [-0.3, -0.25) is 0 Å². The topological polar surface area (TPSA) is 255 Å². The highest BCUT2D eigenvalue weighted by atomic mass is 16.6. The summed E-state index contributed by atoms with van der Waals surface area (Å²) in [6.45, 7) is -0.210. The van der Waals surface area contributed by atoms with Crippen LogP contribution in [0.2, 0.25) is 0 Å². The Labute approximate surface area is 178 Å². The molecule has 0 aliphatic carbocycles. The van der Waals surface area contributed by atoms with Crippen molar-refractivity contribution in [2.75, 3.05) is 59.1 Å². The van der Waals surface area contributed by atoms with Gasteiger partial charge in [0.05, 0.1) is 19.8 Å². The van der Waals surface area contributed by atoms with E-state index in [1.54, 1.807) is 0 Å². The predicted octanol–water partition coefficient (Wildman–Crippen LogP) is -4.75. The molecule has 0 radical (unpaired) electrons. The zero-order valence-corrected chi connectivity index (χ0v) is 17.9. The highest BCUT2D eigenvalue weighted by Crippen LogP contribution is 2.49. The number of ether oxygens (including phenoxy) is 2. The highest BCUT2D eigenvalue weighted by Gasteiger charge is 2.66. The van der Waals surface area contributed by atoms with Gasteiger partial charge in [0.25, 0.3) is 0 Å². The lowest BCUT2D eigenvalue weighted by molar-refractivity contribution is -0.317. The average molecular weight is 441 g/mol. The Kier molecular flexibility index (Phi) is 14.3. The van der Waals surface area contributed by atoms with Crippen molar-refractivity contribution in [3.63, 3.8) is 0 Å². The lowest BCUT2D eigenvalue weighted by Gasteiger charge is -2.59. The number of rotatable bonds is 19. The number of hydrogen-bond acceptors (Lipinski definition) is 12. The number of aliphatic hydroxyl groups excluding tert-OH is 3. The van der Waals surface area contributed by atoms with Gasteiger partial charge in [0, 0.05) is 13.1 Å². The lowest BCUT2D eigenvalue weighted by atomic mass is 9.61. The van der Waals surface area contributed by atoms with E-state index >= 15 is 0 Å². The molecule has 0 aromatic rings. The maximum absolute atomic E-state index is 11.9. The second-order valence-corrected chi connectivity index (χ2v) is 7.37. The molecule has 0 aliphatic heterocycles. The van der Waals surface area contributed by atoms with Gasteiger partial charge in [0.2, 0.25) is 0 Å². The summed E-state index contributed by atoms with van der Waals surface area (Å²) in [4.78, 5) is 0. The fourth-order valence-corrected chi connectivity index (χ4v) is 4.34. The van der Waals surface area contributed by atoms with Crippen molar-refractivity contribution < 1.29 is 29.9 Å². The molecule has 0 saturated carbocycles. The van der Waals surface area contributed by atoms with E-state index < -0.39 is 35.6 Å². The Morgan fingerprint density at radius 1 is 0.667 bits per heavy atom. The monoisotopic (exact) mass is 440 g/mol. The summed E-state index contributed by atoms with van der Waals surface area (Å²) >= 11 is 0. The van der Waals surface area contributed by atoms with E-state index in [2.05, 4.69) is 0 Å². The van der Waals surface area contributed by atoms with Crippen molar-refractivity contribution in [1.29, 1.82) is 0 Å². The molecule has 0 rings (SSSR count). The van der Waals surface area contributed by atoms with Crippen LogP contribution in [0.1, 0.15) is 25.7 Å². The third kappa shape index (κ3) is 6.28. The first-order valence-corrected chi connectivity index (χ1v) is 10.4. The van der Waals surface area contributed by atoms with Gasteiger partial charge in [-0.25, -0.2) is 0 Å². The molecular weight excluding hydrogens is 396 g/mol. The van der Waals surface area contributed by atoms with Gasteiger partial charge >= 0.3 is 0 Å². The van der Waals surface area contributed by atoms with Gasteiger partial charge in [-0.05, 0) is 51.9 Å². The molecule has 0 spiro atoms. The normalized spacial score (nSPS) is 18.6. The van der Waals surface area contributed by atoms with Crippen LogP contribution in [-0.4, -0.2) is 109 Å². The van der Waals surface area contributed by atoms with E-state index in [0.717, 1.165) is 0 Å². The molecule has 0 aromatic heterocycles. The Morgan fingerprint density at radius 2 is 1.13 bits per heavy atom. The maximum atomic E-state index is 11.9. The SMILES string of the molecule is NCCOC(CCN)(CCN)[C@](CCN)(OCCN)[C@](O)(CCN)[C@H](O)[C@H](O)CO. The molecular formula is C18H44N6O6. The minimum atomic E-state index is -2.18. The van der Waals surface area contributed by atoms with Gasteiger partial charge in [-0.15, -0.1) is 0 Å². The second-order valence-electron chi connectivity index (χ2n) is 7.37. The fourth-order valence-electron chi connectivity index (χ4n) is 4.34. The third-order valence-electron chi connectivity index (χ3n) is 5.56. The molecule has 0 amide bonds. The van der Waals surface area contributed by atoms with Crippen molar-refractivity contribution in [1.82, 2.24) is 0 Å². The van der Waals surface area contributed by atoms with Crippen LogP contribution in [0.5, 0.6) is 0 Å². The highest BCUT2D eigenvalue weighted by molar-refractivity contribution is 5.18. The first-order chi connectivity index (χ1) is 14.3. The smallest absolute Gasteiger partial charge is 0.130 e. The van der Waals surface area contributed by atoms with Crippen LogP contribution in [0.3, 0.4) is 0 Å². The van der Waals surface area contributed by atoms with Gasteiger partial charge in [0.15, 0.2) is 0 Å². The molecule has 16 N–H and O–H groups in total. The van der Waals surface area contributed by atoms with Gasteiger partial charge in [0.1, 0.15) is 29.0 Å². The standard InChI is InChI=1S/C18H44N6O6/c19-5-1-16(2-6-20,29-11-9-23)18(4-8-22,30-12-10-24)17(28,3-7-21)15(27)14(26)13-25/h14-15,25-28H,1-13,19-24H2/t14-,15-,17+,18+/m1/s1. The van der Waals surface area contributed by atoms with E-state index in [0.29, 0.717) is 0 Å². The molecule has 0 unspecified atom stereocenters. The quantitative estimate of drug-likeness (QED) is 0.0908. The summed E-state index contributed by atoms with van der Waals surface area (Å²) in [6.07, 6.45) is -3.34. The Morgan fingerprint density at radius 3 is 1.53 bits per heavy atom. The summed E-state index contributed by atoms with van der Waals surface area (Å²) in [5.74, 6) is 0. The van der Waals surface area contributed by atoms with Gasteiger partial charge in [-0.2, -0.15) is 0 Å². The molecule has 30 heavy (non-hydrogen) atoms. The van der Waals surface area contributed by atoms with Crippen LogP contribution in [0.15, 0.2) is 0 Å². The van der Waals surface area contributed by atoms with E-state index in [1.807, 2.05) is 0 Å².